The van der Waals surface area contributed by atoms with E-state index in [-0.39, 0.29) is 5.56 Å². The first-order valence-electron chi connectivity index (χ1n) is 9.44. The number of anilines is 2. The summed E-state index contributed by atoms with van der Waals surface area (Å²) in [6, 6.07) is 11.0. The molecule has 1 fully saturated rings. The van der Waals surface area contributed by atoms with Crippen LogP contribution in [0.5, 0.6) is 11.5 Å². The zero-order valence-corrected chi connectivity index (χ0v) is 17.4. The molecular weight excluding hydrogens is 394 g/mol. The summed E-state index contributed by atoms with van der Waals surface area (Å²) >= 11 is 6.02. The fourth-order valence-corrected chi connectivity index (χ4v) is 3.51. The van der Waals surface area contributed by atoms with Gasteiger partial charge in [0.2, 0.25) is 0 Å². The number of ether oxygens (including phenoxy) is 3. The Morgan fingerprint density at radius 1 is 1.07 bits per heavy atom. The van der Waals surface area contributed by atoms with Crippen LogP contribution in [0.15, 0.2) is 36.4 Å². The number of benzene rings is 2. The molecule has 1 aliphatic rings. The van der Waals surface area contributed by atoms with E-state index in [0.29, 0.717) is 29.6 Å². The Morgan fingerprint density at radius 3 is 2.45 bits per heavy atom. The molecule has 3 rings (SSSR count). The molecule has 2 N–H and O–H groups in total. The van der Waals surface area contributed by atoms with Gasteiger partial charge in [0.25, 0.3) is 0 Å². The summed E-state index contributed by atoms with van der Waals surface area (Å²) in [5.41, 5.74) is 7.48. The lowest BCUT2D eigenvalue weighted by Crippen LogP contribution is -2.47. The number of carbonyl (C=O) groups excluding carboxylic acids is 1. The molecule has 0 unspecified atom stereocenters. The number of carbonyl (C=O) groups is 1. The molecule has 156 valence electrons. The summed E-state index contributed by atoms with van der Waals surface area (Å²) in [6.07, 6.45) is 0. The molecule has 0 atom stereocenters. The van der Waals surface area contributed by atoms with Gasteiger partial charge in [0.1, 0.15) is 23.7 Å². The van der Waals surface area contributed by atoms with Crippen LogP contribution in [0.1, 0.15) is 10.4 Å². The van der Waals surface area contributed by atoms with Crippen molar-refractivity contribution in [2.45, 2.75) is 0 Å². The van der Waals surface area contributed by atoms with Crippen molar-refractivity contribution in [2.24, 2.45) is 0 Å². The van der Waals surface area contributed by atoms with Gasteiger partial charge in [-0.2, -0.15) is 0 Å². The van der Waals surface area contributed by atoms with E-state index >= 15 is 0 Å². The number of rotatable bonds is 7. The molecule has 2 aromatic rings. The molecular formula is C21H26ClN3O4. The van der Waals surface area contributed by atoms with Crippen LogP contribution in [0.25, 0.3) is 0 Å². The Kier molecular flexibility index (Phi) is 7.06. The van der Waals surface area contributed by atoms with Gasteiger partial charge in [0.15, 0.2) is 0 Å². The molecule has 0 radical (unpaired) electrons. The minimum atomic E-state index is -0.476. The molecule has 1 heterocycles. The Labute approximate surface area is 175 Å². The van der Waals surface area contributed by atoms with Crippen molar-refractivity contribution >= 4 is 28.9 Å². The average molecular weight is 420 g/mol. The highest BCUT2D eigenvalue weighted by molar-refractivity contribution is 6.33. The lowest BCUT2D eigenvalue weighted by Gasteiger charge is -2.36. The maximum atomic E-state index is 12.4. The van der Waals surface area contributed by atoms with E-state index in [0.717, 1.165) is 37.6 Å². The first-order valence-corrected chi connectivity index (χ1v) is 9.81. The van der Waals surface area contributed by atoms with Gasteiger partial charge < -0.3 is 24.8 Å². The van der Waals surface area contributed by atoms with Crippen LogP contribution in [0.2, 0.25) is 5.02 Å². The van der Waals surface area contributed by atoms with E-state index in [2.05, 4.69) is 15.9 Å². The monoisotopic (exact) mass is 419 g/mol. The summed E-state index contributed by atoms with van der Waals surface area (Å²) in [5, 5.41) is 0.296. The third-order valence-corrected chi connectivity index (χ3v) is 5.30. The SMILES string of the molecule is COc1cc(N)c(Cl)cc1C(=O)OCCN1CCN(c2ccccc2OC)CC1. The molecule has 0 amide bonds. The van der Waals surface area contributed by atoms with Crippen molar-refractivity contribution in [1.82, 2.24) is 4.90 Å². The van der Waals surface area contributed by atoms with Gasteiger partial charge in [0.05, 0.1) is 30.6 Å². The summed E-state index contributed by atoms with van der Waals surface area (Å²) in [6.45, 7) is 4.49. The number of methoxy groups -OCH3 is 2. The van der Waals surface area contributed by atoms with Crippen molar-refractivity contribution < 1.29 is 19.0 Å². The number of piperazine rings is 1. The summed E-state index contributed by atoms with van der Waals surface area (Å²) in [7, 11) is 3.16. The molecule has 0 aromatic heterocycles. The molecule has 0 saturated carbocycles. The fraction of sp³-hybridized carbons (Fsp3) is 0.381. The largest absolute Gasteiger partial charge is 0.496 e. The van der Waals surface area contributed by atoms with E-state index in [1.165, 1.54) is 19.2 Å². The van der Waals surface area contributed by atoms with E-state index in [9.17, 15) is 4.79 Å². The highest BCUT2D eigenvalue weighted by atomic mass is 35.5. The molecule has 8 heteroatoms. The third-order valence-electron chi connectivity index (χ3n) is 4.98. The van der Waals surface area contributed by atoms with Crippen molar-refractivity contribution in [3.63, 3.8) is 0 Å². The van der Waals surface area contributed by atoms with Gasteiger partial charge in [0, 0.05) is 38.8 Å². The Balaban J connectivity index is 1.49. The predicted molar refractivity (Wildman–Crippen MR) is 114 cm³/mol. The second-order valence-corrected chi connectivity index (χ2v) is 7.12. The number of para-hydroxylation sites is 2. The van der Waals surface area contributed by atoms with Gasteiger partial charge in [-0.05, 0) is 18.2 Å². The molecule has 1 saturated heterocycles. The van der Waals surface area contributed by atoms with Crippen molar-refractivity contribution in [3.8, 4) is 11.5 Å². The van der Waals surface area contributed by atoms with E-state index in [1.54, 1.807) is 7.11 Å². The number of hydrogen-bond acceptors (Lipinski definition) is 7. The molecule has 2 aromatic carbocycles. The highest BCUT2D eigenvalue weighted by Gasteiger charge is 2.20. The minimum Gasteiger partial charge on any atom is -0.496 e. The molecule has 29 heavy (non-hydrogen) atoms. The van der Waals surface area contributed by atoms with Crippen LogP contribution in [0.3, 0.4) is 0 Å². The first-order chi connectivity index (χ1) is 14.0. The zero-order chi connectivity index (χ0) is 20.8. The topological polar surface area (TPSA) is 77.3 Å². The second kappa shape index (κ2) is 9.71. The summed E-state index contributed by atoms with van der Waals surface area (Å²) in [5.74, 6) is 0.754. The van der Waals surface area contributed by atoms with E-state index < -0.39 is 5.97 Å². The fourth-order valence-electron chi connectivity index (χ4n) is 3.35. The Hall–Kier alpha value is -2.64. The maximum Gasteiger partial charge on any atom is 0.342 e. The minimum absolute atomic E-state index is 0.271. The maximum absolute atomic E-state index is 12.4. The van der Waals surface area contributed by atoms with E-state index in [1.807, 2.05) is 18.2 Å². The number of nitrogen functional groups attached to an aromatic ring is 1. The average Bonchev–Trinajstić information content (AvgIpc) is 2.75. The Bertz CT molecular complexity index is 854. The van der Waals surface area contributed by atoms with Crippen LogP contribution >= 0.6 is 11.6 Å². The van der Waals surface area contributed by atoms with Crippen LogP contribution in [0.4, 0.5) is 11.4 Å². The second-order valence-electron chi connectivity index (χ2n) is 6.71. The van der Waals surface area contributed by atoms with Crippen molar-refractivity contribution in [1.29, 1.82) is 0 Å². The van der Waals surface area contributed by atoms with E-state index in [4.69, 9.17) is 31.5 Å². The van der Waals surface area contributed by atoms with Gasteiger partial charge in [-0.3, -0.25) is 4.90 Å². The summed E-state index contributed by atoms with van der Waals surface area (Å²) < 4.78 is 16.1. The standard InChI is InChI=1S/C21H26ClN3O4/c1-27-19-6-4-3-5-18(19)25-9-7-24(8-10-25)11-12-29-21(26)15-13-16(22)17(23)14-20(15)28-2/h3-6,13-14H,7-12,23H2,1-2H3. The number of hydrogen-bond donors (Lipinski definition) is 1. The molecule has 0 spiro atoms. The lowest BCUT2D eigenvalue weighted by molar-refractivity contribution is 0.0455. The van der Waals surface area contributed by atoms with Crippen LogP contribution in [0, 0.1) is 0 Å². The Morgan fingerprint density at radius 2 is 1.76 bits per heavy atom. The number of nitrogens with zero attached hydrogens (tertiary/aromatic N) is 2. The van der Waals surface area contributed by atoms with Gasteiger partial charge >= 0.3 is 5.97 Å². The summed E-state index contributed by atoms with van der Waals surface area (Å²) in [4.78, 5) is 17.0. The number of halogens is 1. The highest BCUT2D eigenvalue weighted by Crippen LogP contribution is 2.30. The smallest absolute Gasteiger partial charge is 0.342 e. The molecule has 0 aliphatic carbocycles. The van der Waals surface area contributed by atoms with Crippen LogP contribution in [-0.4, -0.2) is 64.4 Å². The first kappa shape index (κ1) is 21.1. The quantitative estimate of drug-likeness (QED) is 0.546. The normalized spacial score (nSPS) is 14.5. The van der Waals surface area contributed by atoms with Gasteiger partial charge in [-0.25, -0.2) is 4.79 Å². The predicted octanol–water partition coefficient (Wildman–Crippen LogP) is 2.92. The molecule has 1 aliphatic heterocycles. The van der Waals surface area contributed by atoms with Gasteiger partial charge in [-0.1, -0.05) is 23.7 Å². The van der Waals surface area contributed by atoms with Crippen molar-refractivity contribution in [2.75, 3.05) is 64.2 Å². The van der Waals surface area contributed by atoms with Gasteiger partial charge in [-0.15, -0.1) is 0 Å². The number of nitrogens with two attached hydrogens (primary N) is 1. The number of esters is 1. The van der Waals surface area contributed by atoms with Crippen molar-refractivity contribution in [3.05, 3.63) is 47.0 Å². The third kappa shape index (κ3) is 5.05. The van der Waals surface area contributed by atoms with Crippen LogP contribution in [-0.2, 0) is 4.74 Å². The zero-order valence-electron chi connectivity index (χ0n) is 16.7. The molecule has 7 nitrogen and oxygen atoms in total. The molecule has 0 bridgehead atoms. The van der Waals surface area contributed by atoms with Crippen LogP contribution < -0.4 is 20.1 Å². The lowest BCUT2D eigenvalue weighted by atomic mass is 10.2.